The Hall–Kier alpha value is -1.16. The molecule has 0 aliphatic heterocycles. The van der Waals surface area contributed by atoms with Crippen LogP contribution in [0.5, 0.6) is 0 Å². The average Bonchev–Trinajstić information content (AvgIpc) is 2.46. The minimum absolute atomic E-state index is 0.0463. The van der Waals surface area contributed by atoms with Crippen LogP contribution in [0.4, 0.5) is 0 Å². The molecule has 1 heterocycles. The molecular weight excluding hydrogens is 166 g/mol. The zero-order valence-electron chi connectivity index (χ0n) is 8.24. The number of nitrogens with two attached hydrogens (primary N) is 1. The molecule has 0 fully saturated rings. The molecule has 0 amide bonds. The minimum Gasteiger partial charge on any atom is -0.324 e. The number of Topliss-reactive ketones (excluding diaryl/α,β-unsaturated/α-hetero) is 1. The summed E-state index contributed by atoms with van der Waals surface area (Å²) in [6, 6.07) is 0.277. The first-order valence-electron chi connectivity index (χ1n) is 4.35. The molecule has 0 saturated heterocycles. The highest BCUT2D eigenvalue weighted by molar-refractivity contribution is 5.98. The quantitative estimate of drug-likeness (QED) is 0.705. The Balaban J connectivity index is 3.06. The third-order valence-corrected chi connectivity index (χ3v) is 2.02. The molecule has 0 unspecified atom stereocenters. The summed E-state index contributed by atoms with van der Waals surface area (Å²) in [5.41, 5.74) is 6.80. The monoisotopic (exact) mass is 181 g/mol. The summed E-state index contributed by atoms with van der Waals surface area (Å²) in [4.78, 5) is 11.3. The maximum Gasteiger partial charge on any atom is 0.179 e. The molecule has 0 atom stereocenters. The van der Waals surface area contributed by atoms with Gasteiger partial charge in [0.1, 0.15) is 0 Å². The van der Waals surface area contributed by atoms with Crippen molar-refractivity contribution < 1.29 is 4.79 Å². The van der Waals surface area contributed by atoms with Crippen LogP contribution in [-0.4, -0.2) is 22.1 Å². The maximum atomic E-state index is 11.3. The lowest BCUT2D eigenvalue weighted by Crippen LogP contribution is -2.15. The lowest BCUT2D eigenvalue weighted by molar-refractivity contribution is 0.100. The normalized spacial score (nSPS) is 10.8. The van der Waals surface area contributed by atoms with Gasteiger partial charge in [0.2, 0.25) is 0 Å². The van der Waals surface area contributed by atoms with E-state index in [4.69, 9.17) is 5.73 Å². The molecule has 4 heteroatoms. The van der Waals surface area contributed by atoms with Crippen molar-refractivity contribution >= 4 is 5.78 Å². The van der Waals surface area contributed by atoms with Crippen molar-refractivity contribution in [3.05, 3.63) is 17.5 Å². The highest BCUT2D eigenvalue weighted by Crippen LogP contribution is 2.12. The molecule has 1 rings (SSSR count). The van der Waals surface area contributed by atoms with Crippen molar-refractivity contribution in [1.82, 2.24) is 9.78 Å². The van der Waals surface area contributed by atoms with Gasteiger partial charge in [-0.15, -0.1) is 0 Å². The standard InChI is InChI=1S/C9H15N3O/c1-6(2)12-7(3)8(5-11-12)9(13)4-10/h5-6H,4,10H2,1-3H3. The van der Waals surface area contributed by atoms with Gasteiger partial charge in [-0.1, -0.05) is 0 Å². The number of carbonyl (C=O) groups is 1. The van der Waals surface area contributed by atoms with Crippen molar-refractivity contribution in [2.24, 2.45) is 5.73 Å². The number of aromatic nitrogens is 2. The van der Waals surface area contributed by atoms with E-state index >= 15 is 0 Å². The molecule has 0 spiro atoms. The van der Waals surface area contributed by atoms with Crippen LogP contribution in [-0.2, 0) is 0 Å². The van der Waals surface area contributed by atoms with Gasteiger partial charge in [-0.25, -0.2) is 0 Å². The van der Waals surface area contributed by atoms with Gasteiger partial charge >= 0.3 is 0 Å². The summed E-state index contributed by atoms with van der Waals surface area (Å²) >= 11 is 0. The summed E-state index contributed by atoms with van der Waals surface area (Å²) in [5.74, 6) is -0.0515. The van der Waals surface area contributed by atoms with Crippen LogP contribution in [0.15, 0.2) is 6.20 Å². The van der Waals surface area contributed by atoms with Gasteiger partial charge in [-0.3, -0.25) is 9.48 Å². The molecule has 1 aromatic rings. The number of hydrogen-bond acceptors (Lipinski definition) is 3. The number of hydrogen-bond donors (Lipinski definition) is 1. The Bertz CT molecular complexity index is 315. The van der Waals surface area contributed by atoms with Crippen LogP contribution in [0.25, 0.3) is 0 Å². The lowest BCUT2D eigenvalue weighted by atomic mass is 10.2. The van der Waals surface area contributed by atoms with Crippen molar-refractivity contribution in [2.45, 2.75) is 26.8 Å². The lowest BCUT2D eigenvalue weighted by Gasteiger charge is -2.07. The fraction of sp³-hybridized carbons (Fsp3) is 0.556. The van der Waals surface area contributed by atoms with E-state index in [2.05, 4.69) is 5.10 Å². The van der Waals surface area contributed by atoms with Crippen LogP contribution in [0.3, 0.4) is 0 Å². The van der Waals surface area contributed by atoms with Crippen LogP contribution in [0.1, 0.15) is 35.9 Å². The molecule has 0 aliphatic carbocycles. The van der Waals surface area contributed by atoms with E-state index in [-0.39, 0.29) is 18.4 Å². The van der Waals surface area contributed by atoms with Crippen molar-refractivity contribution in [2.75, 3.05) is 6.54 Å². The number of ketones is 1. The highest BCUT2D eigenvalue weighted by Gasteiger charge is 2.13. The van der Waals surface area contributed by atoms with E-state index in [1.165, 1.54) is 0 Å². The maximum absolute atomic E-state index is 11.3. The van der Waals surface area contributed by atoms with Crippen molar-refractivity contribution in [1.29, 1.82) is 0 Å². The number of rotatable bonds is 3. The zero-order valence-corrected chi connectivity index (χ0v) is 8.24. The summed E-state index contributed by atoms with van der Waals surface area (Å²) < 4.78 is 1.82. The predicted molar refractivity (Wildman–Crippen MR) is 50.7 cm³/mol. The van der Waals surface area contributed by atoms with Gasteiger partial charge in [0.15, 0.2) is 5.78 Å². The van der Waals surface area contributed by atoms with Gasteiger partial charge in [0, 0.05) is 11.7 Å². The molecule has 13 heavy (non-hydrogen) atoms. The number of carbonyl (C=O) groups excluding carboxylic acids is 1. The van der Waals surface area contributed by atoms with E-state index < -0.39 is 0 Å². The average molecular weight is 181 g/mol. The first kappa shape index (κ1) is 9.92. The molecule has 0 radical (unpaired) electrons. The van der Waals surface area contributed by atoms with E-state index in [9.17, 15) is 4.79 Å². The van der Waals surface area contributed by atoms with Gasteiger partial charge in [-0.05, 0) is 20.8 Å². The first-order valence-corrected chi connectivity index (χ1v) is 4.35. The fourth-order valence-corrected chi connectivity index (χ4v) is 1.33. The summed E-state index contributed by atoms with van der Waals surface area (Å²) in [6.45, 7) is 5.98. The largest absolute Gasteiger partial charge is 0.324 e. The zero-order chi connectivity index (χ0) is 10.0. The first-order chi connectivity index (χ1) is 6.07. The molecule has 0 saturated carbocycles. The van der Waals surface area contributed by atoms with Crippen LogP contribution in [0, 0.1) is 6.92 Å². The topological polar surface area (TPSA) is 60.9 Å². The predicted octanol–water partition coefficient (Wildman–Crippen LogP) is 0.914. The van der Waals surface area contributed by atoms with Crippen LogP contribution >= 0.6 is 0 Å². The Morgan fingerprint density at radius 2 is 2.31 bits per heavy atom. The molecule has 4 nitrogen and oxygen atoms in total. The van der Waals surface area contributed by atoms with Crippen LogP contribution < -0.4 is 5.73 Å². The van der Waals surface area contributed by atoms with Gasteiger partial charge in [0.05, 0.1) is 18.3 Å². The molecule has 72 valence electrons. The van der Waals surface area contributed by atoms with Crippen molar-refractivity contribution in [3.63, 3.8) is 0 Å². The summed E-state index contributed by atoms with van der Waals surface area (Å²) in [6.07, 6.45) is 1.59. The third-order valence-electron chi connectivity index (χ3n) is 2.02. The Labute approximate surface area is 77.7 Å². The smallest absolute Gasteiger partial charge is 0.179 e. The van der Waals surface area contributed by atoms with E-state index in [1.54, 1.807) is 6.20 Å². The van der Waals surface area contributed by atoms with E-state index in [0.29, 0.717) is 5.56 Å². The van der Waals surface area contributed by atoms with Gasteiger partial charge in [-0.2, -0.15) is 5.10 Å². The molecule has 1 aromatic heterocycles. The van der Waals surface area contributed by atoms with Crippen LogP contribution in [0.2, 0.25) is 0 Å². The van der Waals surface area contributed by atoms with Gasteiger partial charge in [0.25, 0.3) is 0 Å². The third kappa shape index (κ3) is 1.78. The Morgan fingerprint density at radius 1 is 1.69 bits per heavy atom. The Kier molecular flexibility index (Phi) is 2.83. The minimum atomic E-state index is -0.0515. The highest BCUT2D eigenvalue weighted by atomic mass is 16.1. The molecule has 0 aromatic carbocycles. The summed E-state index contributed by atoms with van der Waals surface area (Å²) in [5, 5.41) is 4.12. The SMILES string of the molecule is Cc1c(C(=O)CN)cnn1C(C)C. The second kappa shape index (κ2) is 3.70. The molecule has 0 bridgehead atoms. The fourth-order valence-electron chi connectivity index (χ4n) is 1.33. The number of nitrogens with zero attached hydrogens (tertiary/aromatic N) is 2. The molecule has 0 aliphatic rings. The van der Waals surface area contributed by atoms with E-state index in [0.717, 1.165) is 5.69 Å². The molecule has 2 N–H and O–H groups in total. The second-order valence-electron chi connectivity index (χ2n) is 3.31. The Morgan fingerprint density at radius 3 is 2.69 bits per heavy atom. The van der Waals surface area contributed by atoms with Crippen molar-refractivity contribution in [3.8, 4) is 0 Å². The second-order valence-corrected chi connectivity index (χ2v) is 3.31. The van der Waals surface area contributed by atoms with E-state index in [1.807, 2.05) is 25.5 Å². The molecular formula is C9H15N3O. The van der Waals surface area contributed by atoms with Gasteiger partial charge < -0.3 is 5.73 Å². The summed E-state index contributed by atoms with van der Waals surface area (Å²) in [7, 11) is 0.